The van der Waals surface area contributed by atoms with Crippen LogP contribution in [0.5, 0.6) is 0 Å². The maximum atomic E-state index is 11.3. The molecule has 0 radical (unpaired) electrons. The number of carbonyl (C=O) groups excluding carboxylic acids is 1. The molecule has 1 aliphatic rings. The minimum absolute atomic E-state index is 0.0215. The molecule has 1 atom stereocenters. The molecule has 0 bridgehead atoms. The van der Waals surface area contributed by atoms with Crippen LogP contribution in [0.15, 0.2) is 6.20 Å². The largest absolute Gasteiger partial charge is 0.476 e. The van der Waals surface area contributed by atoms with Gasteiger partial charge < -0.3 is 10.0 Å². The highest BCUT2D eigenvalue weighted by Gasteiger charge is 2.24. The summed E-state index contributed by atoms with van der Waals surface area (Å²) in [4.78, 5) is 23.7. The van der Waals surface area contributed by atoms with Crippen LogP contribution >= 0.6 is 0 Å². The Morgan fingerprint density at radius 2 is 2.29 bits per heavy atom. The van der Waals surface area contributed by atoms with Crippen LogP contribution in [0.4, 0.5) is 0 Å². The lowest BCUT2D eigenvalue weighted by atomic mass is 10.1. The number of aromatic nitrogens is 3. The molecule has 0 saturated carbocycles. The van der Waals surface area contributed by atoms with Gasteiger partial charge in [0, 0.05) is 20.0 Å². The van der Waals surface area contributed by atoms with Crippen molar-refractivity contribution in [2.45, 2.75) is 25.8 Å². The van der Waals surface area contributed by atoms with Gasteiger partial charge in [-0.15, -0.1) is 5.10 Å². The zero-order valence-corrected chi connectivity index (χ0v) is 9.54. The third-order valence-electron chi connectivity index (χ3n) is 2.95. The molecule has 1 amide bonds. The smallest absolute Gasteiger partial charge is 0.358 e. The van der Waals surface area contributed by atoms with Gasteiger partial charge in [-0.2, -0.15) is 0 Å². The lowest BCUT2D eigenvalue weighted by molar-refractivity contribution is -0.130. The second kappa shape index (κ2) is 4.52. The van der Waals surface area contributed by atoms with E-state index in [1.165, 1.54) is 13.1 Å². The summed E-state index contributed by atoms with van der Waals surface area (Å²) in [7, 11) is 0. The van der Waals surface area contributed by atoms with Crippen molar-refractivity contribution in [2.24, 2.45) is 0 Å². The van der Waals surface area contributed by atoms with Gasteiger partial charge in [0.25, 0.3) is 0 Å². The summed E-state index contributed by atoms with van der Waals surface area (Å²) in [6.45, 7) is 2.86. The lowest BCUT2D eigenvalue weighted by Gasteiger charge is -2.31. The molecule has 2 heterocycles. The summed E-state index contributed by atoms with van der Waals surface area (Å²) in [5.41, 5.74) is -0.0649. The Labute approximate surface area is 98.0 Å². The van der Waals surface area contributed by atoms with E-state index in [1.54, 1.807) is 9.58 Å². The van der Waals surface area contributed by atoms with Crippen LogP contribution in [0, 0.1) is 0 Å². The molecular formula is C10H14N4O3. The second-order valence-electron chi connectivity index (χ2n) is 4.15. The van der Waals surface area contributed by atoms with E-state index < -0.39 is 5.97 Å². The summed E-state index contributed by atoms with van der Waals surface area (Å²) >= 11 is 0. The number of aromatic carboxylic acids is 1. The van der Waals surface area contributed by atoms with Crippen molar-refractivity contribution in [1.29, 1.82) is 0 Å². The first-order valence-corrected chi connectivity index (χ1v) is 5.48. The Kier molecular flexibility index (Phi) is 3.08. The Bertz CT molecular complexity index is 443. The van der Waals surface area contributed by atoms with Crippen molar-refractivity contribution in [1.82, 2.24) is 19.9 Å². The molecule has 92 valence electrons. The zero-order valence-electron chi connectivity index (χ0n) is 9.54. The summed E-state index contributed by atoms with van der Waals surface area (Å²) in [5.74, 6) is -1.05. The number of carboxylic acid groups (broad SMARTS) is 1. The van der Waals surface area contributed by atoms with Gasteiger partial charge in [0.15, 0.2) is 5.69 Å². The van der Waals surface area contributed by atoms with Gasteiger partial charge in [-0.05, 0) is 12.8 Å². The fourth-order valence-electron chi connectivity index (χ4n) is 2.01. The Morgan fingerprint density at radius 1 is 1.53 bits per heavy atom. The van der Waals surface area contributed by atoms with Gasteiger partial charge in [-0.3, -0.25) is 4.79 Å². The van der Waals surface area contributed by atoms with E-state index in [4.69, 9.17) is 5.11 Å². The minimum atomic E-state index is -1.09. The summed E-state index contributed by atoms with van der Waals surface area (Å²) in [6, 6.07) is 0.0215. The average molecular weight is 238 g/mol. The Morgan fingerprint density at radius 3 is 2.88 bits per heavy atom. The quantitative estimate of drug-likeness (QED) is 0.792. The van der Waals surface area contributed by atoms with Gasteiger partial charge in [0.05, 0.1) is 12.2 Å². The molecule has 2 rings (SSSR count). The summed E-state index contributed by atoms with van der Waals surface area (Å²) in [6.07, 6.45) is 3.19. The first-order chi connectivity index (χ1) is 8.08. The predicted octanol–water partition coefficient (Wildman–Crippen LogP) is 0.160. The predicted molar refractivity (Wildman–Crippen MR) is 57.5 cm³/mol. The maximum absolute atomic E-state index is 11.3. The average Bonchev–Trinajstić information content (AvgIpc) is 2.78. The lowest BCUT2D eigenvalue weighted by Crippen LogP contribution is -2.39. The van der Waals surface area contributed by atoms with Crippen LogP contribution in [0.25, 0.3) is 0 Å². The molecular weight excluding hydrogens is 224 g/mol. The molecule has 1 fully saturated rings. The third-order valence-corrected chi connectivity index (χ3v) is 2.95. The molecule has 0 spiro atoms. The van der Waals surface area contributed by atoms with Crippen molar-refractivity contribution < 1.29 is 14.7 Å². The summed E-state index contributed by atoms with van der Waals surface area (Å²) < 4.78 is 1.54. The number of amides is 1. The Balaban J connectivity index is 2.10. The number of nitrogens with zero attached hydrogens (tertiary/aromatic N) is 4. The number of piperidine rings is 1. The van der Waals surface area contributed by atoms with Crippen molar-refractivity contribution in [3.05, 3.63) is 11.9 Å². The van der Waals surface area contributed by atoms with Crippen molar-refractivity contribution >= 4 is 11.9 Å². The van der Waals surface area contributed by atoms with Gasteiger partial charge in [-0.1, -0.05) is 5.21 Å². The number of carbonyl (C=O) groups is 2. The third kappa shape index (κ3) is 2.43. The van der Waals surface area contributed by atoms with Crippen molar-refractivity contribution in [3.8, 4) is 0 Å². The van der Waals surface area contributed by atoms with Crippen molar-refractivity contribution in [2.75, 3.05) is 13.1 Å². The molecule has 0 aromatic carbocycles. The molecule has 1 saturated heterocycles. The number of rotatable bonds is 2. The van der Waals surface area contributed by atoms with E-state index in [0.29, 0.717) is 6.54 Å². The van der Waals surface area contributed by atoms with Crippen LogP contribution in [0.3, 0.4) is 0 Å². The highest BCUT2D eigenvalue weighted by atomic mass is 16.4. The van der Waals surface area contributed by atoms with E-state index in [0.717, 1.165) is 19.4 Å². The monoisotopic (exact) mass is 238 g/mol. The molecule has 7 nitrogen and oxygen atoms in total. The van der Waals surface area contributed by atoms with E-state index in [1.807, 2.05) is 0 Å². The van der Waals surface area contributed by atoms with Gasteiger partial charge in [-0.25, -0.2) is 9.48 Å². The van der Waals surface area contributed by atoms with E-state index in [9.17, 15) is 9.59 Å². The highest BCUT2D eigenvalue weighted by Crippen LogP contribution is 2.20. The SMILES string of the molecule is CC(=O)N1CCC[C@H](n2cc(C(=O)O)nn2)C1. The highest BCUT2D eigenvalue weighted by molar-refractivity contribution is 5.84. The molecule has 1 aliphatic heterocycles. The number of hydrogen-bond donors (Lipinski definition) is 1. The molecule has 1 aromatic heterocycles. The van der Waals surface area contributed by atoms with Crippen LogP contribution in [-0.4, -0.2) is 50.0 Å². The summed E-state index contributed by atoms with van der Waals surface area (Å²) in [5, 5.41) is 16.1. The second-order valence-corrected chi connectivity index (χ2v) is 4.15. The molecule has 0 unspecified atom stereocenters. The normalized spacial score (nSPS) is 20.3. The minimum Gasteiger partial charge on any atom is -0.476 e. The Hall–Kier alpha value is -1.92. The molecule has 1 aromatic rings. The number of likely N-dealkylation sites (tertiary alicyclic amines) is 1. The van der Waals surface area contributed by atoms with Crippen LogP contribution < -0.4 is 0 Å². The fourth-order valence-corrected chi connectivity index (χ4v) is 2.01. The molecule has 0 aliphatic carbocycles. The van der Waals surface area contributed by atoms with Gasteiger partial charge >= 0.3 is 5.97 Å². The maximum Gasteiger partial charge on any atom is 0.358 e. The fraction of sp³-hybridized carbons (Fsp3) is 0.600. The van der Waals surface area contributed by atoms with Crippen molar-refractivity contribution in [3.63, 3.8) is 0 Å². The van der Waals surface area contributed by atoms with E-state index in [2.05, 4.69) is 10.3 Å². The number of hydrogen-bond acceptors (Lipinski definition) is 4. The first kappa shape index (κ1) is 11.6. The van der Waals surface area contributed by atoms with Crippen LogP contribution in [0.1, 0.15) is 36.3 Å². The molecule has 7 heteroatoms. The van der Waals surface area contributed by atoms with Gasteiger partial charge in [0.1, 0.15) is 0 Å². The van der Waals surface area contributed by atoms with E-state index >= 15 is 0 Å². The standard InChI is InChI=1S/C10H14N4O3/c1-7(15)13-4-2-3-8(5-13)14-6-9(10(16)17)11-12-14/h6,8H,2-5H2,1H3,(H,16,17)/t8-/m0/s1. The van der Waals surface area contributed by atoms with Gasteiger partial charge in [0.2, 0.25) is 5.91 Å². The van der Waals surface area contributed by atoms with E-state index in [-0.39, 0.29) is 17.6 Å². The van der Waals surface area contributed by atoms with Crippen LogP contribution in [-0.2, 0) is 4.79 Å². The van der Waals surface area contributed by atoms with Crippen LogP contribution in [0.2, 0.25) is 0 Å². The zero-order chi connectivity index (χ0) is 12.4. The first-order valence-electron chi connectivity index (χ1n) is 5.48. The topological polar surface area (TPSA) is 88.3 Å². The molecule has 1 N–H and O–H groups in total. The molecule has 17 heavy (non-hydrogen) atoms. The number of carboxylic acids is 1.